The molecule has 1 aromatic rings. The lowest BCUT2D eigenvalue weighted by Gasteiger charge is -2.31. The third-order valence-electron chi connectivity index (χ3n) is 3.50. The summed E-state index contributed by atoms with van der Waals surface area (Å²) in [6.45, 7) is 4.21. The summed E-state index contributed by atoms with van der Waals surface area (Å²) in [7, 11) is 0. The van der Waals surface area contributed by atoms with Gasteiger partial charge in [-0.25, -0.2) is 4.39 Å². The molecule has 0 unspecified atom stereocenters. The molecule has 3 nitrogen and oxygen atoms in total. The molecule has 0 bridgehead atoms. The van der Waals surface area contributed by atoms with Crippen molar-refractivity contribution in [3.8, 4) is 0 Å². The van der Waals surface area contributed by atoms with Crippen molar-refractivity contribution >= 4 is 39.9 Å². The third-order valence-corrected chi connectivity index (χ3v) is 5.02. The smallest absolute Gasteiger partial charge is 0.234 e. The quantitative estimate of drug-likeness (QED) is 0.862. The van der Waals surface area contributed by atoms with Gasteiger partial charge >= 0.3 is 0 Å². The van der Waals surface area contributed by atoms with Crippen molar-refractivity contribution in [2.24, 2.45) is 5.92 Å². The highest BCUT2D eigenvalue weighted by Gasteiger charge is 2.18. The second-order valence-corrected chi connectivity index (χ2v) is 6.89. The summed E-state index contributed by atoms with van der Waals surface area (Å²) in [6.07, 6.45) is 2.31. The normalized spacial score (nSPS) is 15.8. The van der Waals surface area contributed by atoms with Crippen LogP contribution in [0.2, 0.25) is 0 Å². The number of thioether (sulfide) groups is 1. The first-order valence-corrected chi connectivity index (χ1v) is 8.41. The molecule has 114 valence electrons. The van der Waals surface area contributed by atoms with Crippen molar-refractivity contribution in [3.63, 3.8) is 0 Å². The Balaban J connectivity index is 1.73. The molecular weight excluding hydrogens is 307 g/mol. The second kappa shape index (κ2) is 7.75. The van der Waals surface area contributed by atoms with E-state index in [1.54, 1.807) is 12.1 Å². The Hall–Kier alpha value is -1.14. The van der Waals surface area contributed by atoms with Crippen LogP contribution in [0.5, 0.6) is 0 Å². The number of hydrogen-bond acceptors (Lipinski definition) is 3. The van der Waals surface area contributed by atoms with E-state index < -0.39 is 0 Å². The minimum Gasteiger partial charge on any atom is -0.357 e. The number of nitrogens with zero attached hydrogens (tertiary/aromatic N) is 1. The molecule has 0 spiro atoms. The van der Waals surface area contributed by atoms with E-state index in [0.717, 1.165) is 36.2 Å². The minimum atomic E-state index is -0.317. The highest BCUT2D eigenvalue weighted by atomic mass is 32.2. The molecule has 1 N–H and O–H groups in total. The molecule has 21 heavy (non-hydrogen) atoms. The molecule has 1 aliphatic heterocycles. The molecule has 1 aliphatic rings. The number of anilines is 1. The van der Waals surface area contributed by atoms with Crippen LogP contribution >= 0.6 is 24.0 Å². The van der Waals surface area contributed by atoms with Gasteiger partial charge in [-0.3, -0.25) is 4.79 Å². The van der Waals surface area contributed by atoms with Crippen LogP contribution in [-0.2, 0) is 4.79 Å². The number of thiocarbonyl (C=S) groups is 1. The maximum absolute atomic E-state index is 12.8. The van der Waals surface area contributed by atoms with Gasteiger partial charge in [-0.1, -0.05) is 30.9 Å². The molecule has 1 aromatic carbocycles. The van der Waals surface area contributed by atoms with Crippen LogP contribution in [0.1, 0.15) is 19.8 Å². The van der Waals surface area contributed by atoms with Gasteiger partial charge < -0.3 is 10.2 Å². The highest BCUT2D eigenvalue weighted by molar-refractivity contribution is 8.23. The number of carbonyl (C=O) groups is 1. The lowest BCUT2D eigenvalue weighted by atomic mass is 10.00. The molecule has 0 saturated carbocycles. The molecule has 2 rings (SSSR count). The molecular formula is C15H19FN2OS2. The summed E-state index contributed by atoms with van der Waals surface area (Å²) in [5.41, 5.74) is 0.597. The number of piperidine rings is 1. The zero-order chi connectivity index (χ0) is 15.2. The molecule has 0 aromatic heterocycles. The van der Waals surface area contributed by atoms with Crippen molar-refractivity contribution < 1.29 is 9.18 Å². The SMILES string of the molecule is CC1CCN(C(=S)SCC(=O)Nc2ccc(F)cc2)CC1. The van der Waals surface area contributed by atoms with Gasteiger partial charge in [0.25, 0.3) is 0 Å². The monoisotopic (exact) mass is 326 g/mol. The molecule has 1 saturated heterocycles. The molecule has 1 amide bonds. The summed E-state index contributed by atoms with van der Waals surface area (Å²) in [4.78, 5) is 14.0. The maximum atomic E-state index is 12.8. The highest BCUT2D eigenvalue weighted by Crippen LogP contribution is 2.20. The average Bonchev–Trinajstić information content (AvgIpc) is 2.48. The fraction of sp³-hybridized carbons (Fsp3) is 0.467. The Morgan fingerprint density at radius 1 is 1.38 bits per heavy atom. The molecule has 0 atom stereocenters. The number of hydrogen-bond donors (Lipinski definition) is 1. The van der Waals surface area contributed by atoms with E-state index in [4.69, 9.17) is 12.2 Å². The largest absolute Gasteiger partial charge is 0.357 e. The van der Waals surface area contributed by atoms with Gasteiger partial charge in [-0.2, -0.15) is 0 Å². The second-order valence-electron chi connectivity index (χ2n) is 5.28. The zero-order valence-corrected chi connectivity index (χ0v) is 13.6. The van der Waals surface area contributed by atoms with Crippen molar-refractivity contribution in [3.05, 3.63) is 30.1 Å². The predicted octanol–water partition coefficient (Wildman–Crippen LogP) is 3.51. The van der Waals surface area contributed by atoms with Gasteiger partial charge in [0.1, 0.15) is 10.1 Å². The van der Waals surface area contributed by atoms with Crippen LogP contribution < -0.4 is 5.32 Å². The lowest BCUT2D eigenvalue weighted by molar-refractivity contribution is -0.113. The van der Waals surface area contributed by atoms with E-state index in [0.29, 0.717) is 5.69 Å². The van der Waals surface area contributed by atoms with E-state index >= 15 is 0 Å². The molecule has 0 aliphatic carbocycles. The number of carbonyl (C=O) groups excluding carboxylic acids is 1. The summed E-state index contributed by atoms with van der Waals surface area (Å²) < 4.78 is 13.6. The van der Waals surface area contributed by atoms with Crippen molar-refractivity contribution in [2.75, 3.05) is 24.2 Å². The number of likely N-dealkylation sites (tertiary alicyclic amines) is 1. The summed E-state index contributed by atoms with van der Waals surface area (Å²) in [6, 6.07) is 5.73. The predicted molar refractivity (Wildman–Crippen MR) is 90.1 cm³/mol. The van der Waals surface area contributed by atoms with Crippen LogP contribution in [-0.4, -0.2) is 34.0 Å². The van der Waals surface area contributed by atoms with Crippen molar-refractivity contribution in [2.45, 2.75) is 19.8 Å². The van der Waals surface area contributed by atoms with E-state index in [2.05, 4.69) is 17.1 Å². The average molecular weight is 326 g/mol. The van der Waals surface area contributed by atoms with Gasteiger partial charge in [0.15, 0.2) is 0 Å². The summed E-state index contributed by atoms with van der Waals surface area (Å²) in [5.74, 6) is 0.598. The lowest BCUT2D eigenvalue weighted by Crippen LogP contribution is -2.36. The fourth-order valence-corrected chi connectivity index (χ4v) is 3.19. The zero-order valence-electron chi connectivity index (χ0n) is 12.0. The maximum Gasteiger partial charge on any atom is 0.234 e. The van der Waals surface area contributed by atoms with Gasteiger partial charge in [-0.05, 0) is 43.0 Å². The first-order valence-electron chi connectivity index (χ1n) is 7.01. The minimum absolute atomic E-state index is 0.126. The van der Waals surface area contributed by atoms with Crippen LogP contribution in [0.3, 0.4) is 0 Å². The van der Waals surface area contributed by atoms with E-state index in [1.807, 2.05) is 0 Å². The first kappa shape index (κ1) is 16.2. The van der Waals surface area contributed by atoms with E-state index in [9.17, 15) is 9.18 Å². The standard InChI is InChI=1S/C15H19FN2OS2/c1-11-6-8-18(9-7-11)15(20)21-10-14(19)17-13-4-2-12(16)3-5-13/h2-5,11H,6-10H2,1H3,(H,17,19). The van der Waals surface area contributed by atoms with Crippen LogP contribution in [0.25, 0.3) is 0 Å². The fourth-order valence-electron chi connectivity index (χ4n) is 2.14. The van der Waals surface area contributed by atoms with Gasteiger partial charge in [0.05, 0.1) is 5.75 Å². The number of halogens is 1. The summed E-state index contributed by atoms with van der Waals surface area (Å²) in [5, 5.41) is 2.73. The molecule has 1 fully saturated rings. The van der Waals surface area contributed by atoms with Crippen molar-refractivity contribution in [1.82, 2.24) is 4.90 Å². The van der Waals surface area contributed by atoms with Crippen LogP contribution in [0, 0.1) is 11.7 Å². The van der Waals surface area contributed by atoms with E-state index in [-0.39, 0.29) is 17.5 Å². The number of amides is 1. The van der Waals surface area contributed by atoms with Crippen molar-refractivity contribution in [1.29, 1.82) is 0 Å². The number of nitrogens with one attached hydrogen (secondary N) is 1. The number of benzene rings is 1. The topological polar surface area (TPSA) is 32.3 Å². The summed E-state index contributed by atoms with van der Waals surface area (Å²) >= 11 is 6.76. The Morgan fingerprint density at radius 2 is 2.00 bits per heavy atom. The third kappa shape index (κ3) is 5.28. The van der Waals surface area contributed by atoms with Gasteiger partial charge in [-0.15, -0.1) is 0 Å². The van der Waals surface area contributed by atoms with Gasteiger partial charge in [0, 0.05) is 18.8 Å². The van der Waals surface area contributed by atoms with Crippen LogP contribution in [0.4, 0.5) is 10.1 Å². The molecule has 1 heterocycles. The Morgan fingerprint density at radius 3 is 2.62 bits per heavy atom. The van der Waals surface area contributed by atoms with Gasteiger partial charge in [0.2, 0.25) is 5.91 Å². The first-order chi connectivity index (χ1) is 10.0. The van der Waals surface area contributed by atoms with E-state index in [1.165, 1.54) is 23.9 Å². The Bertz CT molecular complexity index is 499. The number of rotatable bonds is 3. The Labute approximate surface area is 134 Å². The molecule has 0 radical (unpaired) electrons. The molecule has 6 heteroatoms. The Kier molecular flexibility index (Phi) is 5.99. The van der Waals surface area contributed by atoms with Crippen LogP contribution in [0.15, 0.2) is 24.3 Å².